The highest BCUT2D eigenvalue weighted by Crippen LogP contribution is 2.53. The lowest BCUT2D eigenvalue weighted by atomic mass is 9.73. The second-order valence-corrected chi connectivity index (χ2v) is 9.15. The minimum Gasteiger partial charge on any atom is -0.507 e. The first-order valence-electron chi connectivity index (χ1n) is 10.5. The number of hydrogen-bond donors (Lipinski definition) is 2. The van der Waals surface area contributed by atoms with Gasteiger partial charge in [0.25, 0.3) is 0 Å². The molecule has 3 aromatic rings. The van der Waals surface area contributed by atoms with Crippen molar-refractivity contribution in [2.75, 3.05) is 13.2 Å². The van der Waals surface area contributed by atoms with Gasteiger partial charge in [0.05, 0.1) is 18.7 Å². The number of phenolic OH excluding ortho intramolecular Hbond substituents is 1. The molecule has 2 N–H and O–H groups in total. The van der Waals surface area contributed by atoms with E-state index in [1.807, 2.05) is 18.4 Å². The Bertz CT molecular complexity index is 1250. The van der Waals surface area contributed by atoms with Gasteiger partial charge in [0, 0.05) is 46.7 Å². The summed E-state index contributed by atoms with van der Waals surface area (Å²) in [6, 6.07) is 8.73. The molecule has 168 valence electrons. The Labute approximate surface area is 183 Å². The number of hydrogen-bond acceptors (Lipinski definition) is 4. The number of halogens is 2. The fraction of sp³-hybridized carbons (Fsp3) is 0.375. The minimum absolute atomic E-state index is 0.0131. The van der Waals surface area contributed by atoms with Crippen LogP contribution in [0.3, 0.4) is 0 Å². The average Bonchev–Trinajstić information content (AvgIpc) is 3.12. The van der Waals surface area contributed by atoms with E-state index in [4.69, 9.17) is 9.47 Å². The third-order valence-corrected chi connectivity index (χ3v) is 6.55. The molecule has 1 fully saturated rings. The standard InChI is InChI=1S/C24H23F2NO5/c1-23(2)12-32-24(8-9-31-18(11-24)22(29)30)20-19-16(4-3-5-17(19)28)27(21(20)23)13-6-7-14(25)15(26)10-13/h3-7,10,18,28H,8-9,11-12H2,1-2H3,(H,29,30). The van der Waals surface area contributed by atoms with E-state index in [9.17, 15) is 23.8 Å². The van der Waals surface area contributed by atoms with E-state index in [1.165, 1.54) is 6.07 Å². The third kappa shape index (κ3) is 2.93. The number of aliphatic carboxylic acids is 1. The van der Waals surface area contributed by atoms with E-state index in [0.717, 1.165) is 17.8 Å². The second-order valence-electron chi connectivity index (χ2n) is 9.15. The van der Waals surface area contributed by atoms with Crippen molar-refractivity contribution < 1.29 is 33.3 Å². The highest BCUT2D eigenvalue weighted by atomic mass is 19.2. The smallest absolute Gasteiger partial charge is 0.332 e. The van der Waals surface area contributed by atoms with Crippen molar-refractivity contribution in [1.29, 1.82) is 0 Å². The lowest BCUT2D eigenvalue weighted by Crippen LogP contribution is -2.50. The molecule has 5 rings (SSSR count). The van der Waals surface area contributed by atoms with Crippen LogP contribution in [0.1, 0.15) is 37.9 Å². The number of fused-ring (bicyclic) bond motifs is 4. The molecular weight excluding hydrogens is 420 g/mol. The summed E-state index contributed by atoms with van der Waals surface area (Å²) in [6.07, 6.45) is -0.563. The quantitative estimate of drug-likeness (QED) is 0.614. The van der Waals surface area contributed by atoms with Gasteiger partial charge in [0.2, 0.25) is 0 Å². The maximum atomic E-state index is 14.2. The summed E-state index contributed by atoms with van der Waals surface area (Å²) in [6.45, 7) is 4.41. The molecule has 3 heterocycles. The summed E-state index contributed by atoms with van der Waals surface area (Å²) < 4.78 is 41.6. The first-order chi connectivity index (χ1) is 15.1. The number of carboxylic acids is 1. The fourth-order valence-corrected chi connectivity index (χ4v) is 5.10. The van der Waals surface area contributed by atoms with Gasteiger partial charge < -0.3 is 24.3 Å². The van der Waals surface area contributed by atoms with Crippen LogP contribution in [0, 0.1) is 11.6 Å². The zero-order valence-corrected chi connectivity index (χ0v) is 17.7. The molecule has 1 spiro atoms. The van der Waals surface area contributed by atoms with Gasteiger partial charge in [0.15, 0.2) is 17.7 Å². The van der Waals surface area contributed by atoms with E-state index < -0.39 is 34.7 Å². The van der Waals surface area contributed by atoms with Gasteiger partial charge in [-0.15, -0.1) is 0 Å². The molecule has 0 aliphatic carbocycles. The molecule has 0 amide bonds. The summed E-state index contributed by atoms with van der Waals surface area (Å²) in [5.74, 6) is -2.99. The largest absolute Gasteiger partial charge is 0.507 e. The van der Waals surface area contributed by atoms with E-state index in [1.54, 1.807) is 18.2 Å². The highest BCUT2D eigenvalue weighted by molar-refractivity contribution is 5.94. The van der Waals surface area contributed by atoms with Crippen LogP contribution in [0.15, 0.2) is 36.4 Å². The van der Waals surface area contributed by atoms with Crippen LogP contribution in [-0.2, 0) is 25.3 Å². The first-order valence-corrected chi connectivity index (χ1v) is 10.5. The maximum absolute atomic E-state index is 14.2. The van der Waals surface area contributed by atoms with Gasteiger partial charge >= 0.3 is 5.97 Å². The highest BCUT2D eigenvalue weighted by Gasteiger charge is 2.52. The average molecular weight is 443 g/mol. The molecule has 2 unspecified atom stereocenters. The third-order valence-electron chi connectivity index (χ3n) is 6.55. The normalized spacial score (nSPS) is 24.6. The van der Waals surface area contributed by atoms with Crippen molar-refractivity contribution in [1.82, 2.24) is 4.57 Å². The van der Waals surface area contributed by atoms with E-state index in [2.05, 4.69) is 0 Å². The molecule has 2 atom stereocenters. The summed E-state index contributed by atoms with van der Waals surface area (Å²) in [7, 11) is 0. The van der Waals surface area contributed by atoms with Crippen molar-refractivity contribution >= 4 is 16.9 Å². The number of carbonyl (C=O) groups is 1. The molecule has 0 saturated carbocycles. The molecule has 0 radical (unpaired) electrons. The molecule has 2 aliphatic rings. The maximum Gasteiger partial charge on any atom is 0.332 e. The van der Waals surface area contributed by atoms with Crippen LogP contribution in [0.4, 0.5) is 8.78 Å². The summed E-state index contributed by atoms with van der Waals surface area (Å²) in [4.78, 5) is 11.7. The fourth-order valence-electron chi connectivity index (χ4n) is 5.10. The number of rotatable bonds is 2. The second kappa shape index (κ2) is 7.02. The number of carboxylic acid groups (broad SMARTS) is 1. The van der Waals surface area contributed by atoms with Crippen molar-refractivity contribution in [2.24, 2.45) is 0 Å². The van der Waals surface area contributed by atoms with Crippen LogP contribution >= 0.6 is 0 Å². The van der Waals surface area contributed by atoms with Crippen molar-refractivity contribution in [3.05, 3.63) is 59.3 Å². The summed E-state index contributed by atoms with van der Waals surface area (Å²) in [5.41, 5.74) is 0.921. The minimum atomic E-state index is -1.08. The molecule has 32 heavy (non-hydrogen) atoms. The number of aromatic hydroxyl groups is 1. The van der Waals surface area contributed by atoms with Gasteiger partial charge in [-0.1, -0.05) is 19.9 Å². The Hall–Kier alpha value is -2.97. The van der Waals surface area contributed by atoms with Crippen LogP contribution < -0.4 is 0 Å². The number of ether oxygens (including phenoxy) is 2. The van der Waals surface area contributed by atoms with Crippen molar-refractivity contribution in [3.8, 4) is 11.4 Å². The topological polar surface area (TPSA) is 80.9 Å². The molecule has 1 aromatic heterocycles. The van der Waals surface area contributed by atoms with Gasteiger partial charge in [-0.2, -0.15) is 0 Å². The summed E-state index contributed by atoms with van der Waals surface area (Å²) >= 11 is 0. The number of phenols is 1. The van der Waals surface area contributed by atoms with Crippen LogP contribution in [0.25, 0.3) is 16.6 Å². The predicted octanol–water partition coefficient (Wildman–Crippen LogP) is 4.38. The van der Waals surface area contributed by atoms with Gasteiger partial charge in [-0.05, 0) is 24.3 Å². The Balaban J connectivity index is 1.88. The van der Waals surface area contributed by atoms with Gasteiger partial charge in [-0.25, -0.2) is 13.6 Å². The lowest BCUT2D eigenvalue weighted by molar-refractivity contribution is -0.182. The van der Waals surface area contributed by atoms with Crippen LogP contribution in [-0.4, -0.2) is 40.1 Å². The molecule has 0 bridgehead atoms. The lowest BCUT2D eigenvalue weighted by Gasteiger charge is -2.47. The number of benzene rings is 2. The molecular formula is C24H23F2NO5. The Morgan fingerprint density at radius 3 is 2.69 bits per heavy atom. The molecule has 2 aromatic carbocycles. The number of aromatic nitrogens is 1. The van der Waals surface area contributed by atoms with E-state index in [-0.39, 0.29) is 25.4 Å². The van der Waals surface area contributed by atoms with Crippen molar-refractivity contribution in [2.45, 2.75) is 43.8 Å². The molecule has 1 saturated heterocycles. The Kier molecular flexibility index (Phi) is 4.58. The van der Waals surface area contributed by atoms with Crippen LogP contribution in [0.2, 0.25) is 0 Å². The van der Waals surface area contributed by atoms with Gasteiger partial charge in [-0.3, -0.25) is 0 Å². The molecule has 2 aliphatic heterocycles. The summed E-state index contributed by atoms with van der Waals surface area (Å²) in [5, 5.41) is 21.0. The Morgan fingerprint density at radius 2 is 1.97 bits per heavy atom. The van der Waals surface area contributed by atoms with E-state index >= 15 is 0 Å². The SMILES string of the molecule is CC1(C)COC2(CCOC(C(=O)O)C2)c2c1n(-c1ccc(F)c(F)c1)c1cccc(O)c21. The zero-order valence-electron chi connectivity index (χ0n) is 17.7. The molecule has 6 nitrogen and oxygen atoms in total. The Morgan fingerprint density at radius 1 is 1.19 bits per heavy atom. The van der Waals surface area contributed by atoms with Gasteiger partial charge in [0.1, 0.15) is 11.4 Å². The monoisotopic (exact) mass is 443 g/mol. The van der Waals surface area contributed by atoms with E-state index in [0.29, 0.717) is 28.6 Å². The predicted molar refractivity (Wildman–Crippen MR) is 112 cm³/mol. The molecule has 8 heteroatoms. The van der Waals surface area contributed by atoms with Crippen LogP contribution in [0.5, 0.6) is 5.75 Å². The first kappa shape index (κ1) is 20.9. The number of nitrogens with zero attached hydrogens (tertiary/aromatic N) is 1. The van der Waals surface area contributed by atoms with Crippen molar-refractivity contribution in [3.63, 3.8) is 0 Å². The zero-order chi connectivity index (χ0) is 22.8.